The fourth-order valence-electron chi connectivity index (χ4n) is 1.09. The second-order valence-electron chi connectivity index (χ2n) is 2.63. The van der Waals surface area contributed by atoms with E-state index in [1.807, 2.05) is 0 Å². The third kappa shape index (κ3) is 2.65. The molecular formula is C10H12FNO. The molecule has 3 heteroatoms. The van der Waals surface area contributed by atoms with E-state index < -0.39 is 0 Å². The summed E-state index contributed by atoms with van der Waals surface area (Å²) in [5.41, 5.74) is 7.01. The van der Waals surface area contributed by atoms with Gasteiger partial charge in [-0.05, 0) is 23.3 Å². The summed E-state index contributed by atoms with van der Waals surface area (Å²) in [6.45, 7) is 0.268. The highest BCUT2D eigenvalue weighted by atomic mass is 19.1. The molecule has 0 unspecified atom stereocenters. The van der Waals surface area contributed by atoms with E-state index in [4.69, 9.17) is 10.8 Å². The number of aliphatic hydroxyl groups is 1. The first kappa shape index (κ1) is 9.89. The molecule has 0 radical (unpaired) electrons. The van der Waals surface area contributed by atoms with Crippen molar-refractivity contribution < 1.29 is 9.50 Å². The van der Waals surface area contributed by atoms with Crippen LogP contribution >= 0.6 is 0 Å². The second kappa shape index (κ2) is 4.74. The van der Waals surface area contributed by atoms with Crippen LogP contribution in [0.3, 0.4) is 0 Å². The van der Waals surface area contributed by atoms with E-state index in [1.165, 1.54) is 12.1 Å². The van der Waals surface area contributed by atoms with Gasteiger partial charge in [0.25, 0.3) is 0 Å². The van der Waals surface area contributed by atoms with Gasteiger partial charge in [0.15, 0.2) is 0 Å². The average molecular weight is 181 g/mol. The Hall–Kier alpha value is -1.19. The molecule has 0 atom stereocenters. The highest BCUT2D eigenvalue weighted by molar-refractivity contribution is 5.53. The lowest BCUT2D eigenvalue weighted by Gasteiger charge is -2.02. The quantitative estimate of drug-likeness (QED) is 0.738. The molecule has 1 aromatic rings. The Balaban J connectivity index is 2.99. The molecule has 0 amide bonds. The fraction of sp³-hybridized carbons (Fsp3) is 0.200. The van der Waals surface area contributed by atoms with E-state index in [2.05, 4.69) is 0 Å². The van der Waals surface area contributed by atoms with E-state index in [-0.39, 0.29) is 12.4 Å². The smallest absolute Gasteiger partial charge is 0.123 e. The van der Waals surface area contributed by atoms with Crippen molar-refractivity contribution in [3.63, 3.8) is 0 Å². The summed E-state index contributed by atoms with van der Waals surface area (Å²) in [5, 5.41) is 8.55. The van der Waals surface area contributed by atoms with Crippen LogP contribution in [0.2, 0.25) is 0 Å². The number of rotatable bonds is 3. The van der Waals surface area contributed by atoms with Gasteiger partial charge in [-0.25, -0.2) is 4.39 Å². The topological polar surface area (TPSA) is 46.2 Å². The van der Waals surface area contributed by atoms with Crippen LogP contribution in [0.5, 0.6) is 0 Å². The maximum Gasteiger partial charge on any atom is 0.123 e. The Labute approximate surface area is 76.5 Å². The summed E-state index contributed by atoms with van der Waals surface area (Å²) in [7, 11) is 0. The van der Waals surface area contributed by atoms with Gasteiger partial charge in [-0.15, -0.1) is 0 Å². The number of hydrogen-bond donors (Lipinski definition) is 2. The molecule has 0 aliphatic carbocycles. The molecule has 2 nitrogen and oxygen atoms in total. The first-order chi connectivity index (χ1) is 6.27. The molecule has 1 rings (SSSR count). The first-order valence-electron chi connectivity index (χ1n) is 4.04. The predicted molar refractivity (Wildman–Crippen MR) is 50.4 cm³/mol. The Kier molecular flexibility index (Phi) is 3.61. The van der Waals surface area contributed by atoms with Crippen LogP contribution in [0.25, 0.3) is 6.08 Å². The highest BCUT2D eigenvalue weighted by Gasteiger charge is 1.98. The van der Waals surface area contributed by atoms with Crippen molar-refractivity contribution in [3.05, 3.63) is 41.2 Å². The summed E-state index contributed by atoms with van der Waals surface area (Å²) >= 11 is 0. The number of nitrogens with two attached hydrogens (primary N) is 1. The van der Waals surface area contributed by atoms with Crippen LogP contribution in [0.15, 0.2) is 24.3 Å². The third-order valence-electron chi connectivity index (χ3n) is 1.73. The SMILES string of the molecule is NCc1cc(F)ccc1C=CCO. The third-order valence-corrected chi connectivity index (χ3v) is 1.73. The van der Waals surface area contributed by atoms with Crippen molar-refractivity contribution >= 4 is 6.08 Å². The molecule has 0 saturated heterocycles. The minimum Gasteiger partial charge on any atom is -0.392 e. The van der Waals surface area contributed by atoms with E-state index in [9.17, 15) is 4.39 Å². The van der Waals surface area contributed by atoms with Crippen molar-refractivity contribution in [3.8, 4) is 0 Å². The molecular weight excluding hydrogens is 169 g/mol. The number of benzene rings is 1. The lowest BCUT2D eigenvalue weighted by atomic mass is 10.1. The van der Waals surface area contributed by atoms with Gasteiger partial charge in [-0.1, -0.05) is 18.2 Å². The number of halogens is 1. The lowest BCUT2D eigenvalue weighted by Crippen LogP contribution is -1.99. The predicted octanol–water partition coefficient (Wildman–Crippen LogP) is 1.29. The summed E-state index contributed by atoms with van der Waals surface area (Å²) < 4.78 is 12.7. The highest BCUT2D eigenvalue weighted by Crippen LogP contribution is 2.12. The van der Waals surface area contributed by atoms with Crippen molar-refractivity contribution in [2.75, 3.05) is 6.61 Å². The standard InChI is InChI=1S/C10H12FNO/c11-10-4-3-8(2-1-5-13)9(6-10)7-12/h1-4,6,13H,5,7,12H2. The summed E-state index contributed by atoms with van der Waals surface area (Å²) in [6, 6.07) is 4.41. The van der Waals surface area contributed by atoms with E-state index in [1.54, 1.807) is 18.2 Å². The Morgan fingerprint density at radius 1 is 1.46 bits per heavy atom. The van der Waals surface area contributed by atoms with Gasteiger partial charge in [0.2, 0.25) is 0 Å². The van der Waals surface area contributed by atoms with Gasteiger partial charge in [0.1, 0.15) is 5.82 Å². The number of aliphatic hydroxyl groups excluding tert-OH is 1. The molecule has 0 saturated carbocycles. The monoisotopic (exact) mass is 181 g/mol. The van der Waals surface area contributed by atoms with E-state index in [0.717, 1.165) is 11.1 Å². The van der Waals surface area contributed by atoms with Crippen LogP contribution < -0.4 is 5.73 Å². The zero-order chi connectivity index (χ0) is 9.68. The zero-order valence-corrected chi connectivity index (χ0v) is 7.20. The molecule has 3 N–H and O–H groups in total. The van der Waals surface area contributed by atoms with Crippen LogP contribution in [0.4, 0.5) is 4.39 Å². The van der Waals surface area contributed by atoms with E-state index >= 15 is 0 Å². The Bertz CT molecular complexity index is 310. The van der Waals surface area contributed by atoms with Gasteiger partial charge in [-0.3, -0.25) is 0 Å². The Morgan fingerprint density at radius 3 is 2.85 bits per heavy atom. The summed E-state index contributed by atoms with van der Waals surface area (Å²) in [6.07, 6.45) is 3.31. The van der Waals surface area contributed by atoms with Crippen molar-refractivity contribution in [2.45, 2.75) is 6.54 Å². The Morgan fingerprint density at radius 2 is 2.23 bits per heavy atom. The minimum atomic E-state index is -0.290. The maximum atomic E-state index is 12.7. The first-order valence-corrected chi connectivity index (χ1v) is 4.04. The normalized spacial score (nSPS) is 11.0. The van der Waals surface area contributed by atoms with Crippen LogP contribution in [-0.2, 0) is 6.54 Å². The average Bonchev–Trinajstić information content (AvgIpc) is 2.16. The van der Waals surface area contributed by atoms with Crippen LogP contribution in [0.1, 0.15) is 11.1 Å². The van der Waals surface area contributed by atoms with Gasteiger partial charge in [0, 0.05) is 6.54 Å². The molecule has 0 fully saturated rings. The van der Waals surface area contributed by atoms with Gasteiger partial charge in [-0.2, -0.15) is 0 Å². The molecule has 1 aromatic carbocycles. The van der Waals surface area contributed by atoms with Gasteiger partial charge in [0.05, 0.1) is 6.61 Å². The molecule has 0 bridgehead atoms. The maximum absolute atomic E-state index is 12.7. The fourth-order valence-corrected chi connectivity index (χ4v) is 1.09. The van der Waals surface area contributed by atoms with Gasteiger partial charge >= 0.3 is 0 Å². The largest absolute Gasteiger partial charge is 0.392 e. The minimum absolute atomic E-state index is 0.0264. The van der Waals surface area contributed by atoms with Crippen LogP contribution in [-0.4, -0.2) is 11.7 Å². The van der Waals surface area contributed by atoms with E-state index in [0.29, 0.717) is 6.54 Å². The molecule has 13 heavy (non-hydrogen) atoms. The second-order valence-corrected chi connectivity index (χ2v) is 2.63. The summed E-state index contributed by atoms with van der Waals surface area (Å²) in [5.74, 6) is -0.290. The molecule has 0 heterocycles. The van der Waals surface area contributed by atoms with Crippen LogP contribution in [0, 0.1) is 5.82 Å². The molecule has 0 aromatic heterocycles. The van der Waals surface area contributed by atoms with Crippen molar-refractivity contribution in [1.82, 2.24) is 0 Å². The van der Waals surface area contributed by atoms with Crippen molar-refractivity contribution in [2.24, 2.45) is 5.73 Å². The van der Waals surface area contributed by atoms with Crippen molar-refractivity contribution in [1.29, 1.82) is 0 Å². The summed E-state index contributed by atoms with van der Waals surface area (Å²) in [4.78, 5) is 0. The van der Waals surface area contributed by atoms with Gasteiger partial charge < -0.3 is 10.8 Å². The zero-order valence-electron chi connectivity index (χ0n) is 7.20. The molecule has 0 aliphatic heterocycles. The molecule has 70 valence electrons. The lowest BCUT2D eigenvalue weighted by molar-refractivity contribution is 0.343. The number of hydrogen-bond acceptors (Lipinski definition) is 2. The molecule has 0 spiro atoms. The molecule has 0 aliphatic rings.